The Morgan fingerprint density at radius 2 is 2.42 bits per heavy atom. The van der Waals surface area contributed by atoms with E-state index in [1.807, 2.05) is 6.92 Å². The predicted molar refractivity (Wildman–Crippen MR) is 51.0 cm³/mol. The van der Waals surface area contributed by atoms with Crippen molar-refractivity contribution in [2.24, 2.45) is 5.92 Å². The zero-order valence-electron chi connectivity index (χ0n) is 8.17. The van der Waals surface area contributed by atoms with E-state index in [0.29, 0.717) is 5.92 Å². The van der Waals surface area contributed by atoms with Crippen molar-refractivity contribution in [2.45, 2.75) is 38.8 Å². The number of aliphatic hydroxyl groups is 1. The number of hydrogen-bond donors (Lipinski definition) is 2. The molecule has 0 bridgehead atoms. The van der Waals surface area contributed by atoms with Crippen molar-refractivity contribution in [3.63, 3.8) is 0 Å². The molecule has 0 spiro atoms. The van der Waals surface area contributed by atoms with Crippen molar-refractivity contribution in [3.8, 4) is 0 Å². The van der Waals surface area contributed by atoms with Gasteiger partial charge in [-0.3, -0.25) is 0 Å². The normalized spacial score (nSPS) is 30.2. The lowest BCUT2D eigenvalue weighted by Gasteiger charge is -2.34. The summed E-state index contributed by atoms with van der Waals surface area (Å²) in [7, 11) is 0. The highest BCUT2D eigenvalue weighted by Crippen LogP contribution is 2.25. The third-order valence-corrected chi connectivity index (χ3v) is 3.02. The van der Waals surface area contributed by atoms with E-state index >= 15 is 0 Å². The first-order valence-electron chi connectivity index (χ1n) is 4.71. The van der Waals surface area contributed by atoms with E-state index in [-0.39, 0.29) is 6.04 Å². The summed E-state index contributed by atoms with van der Waals surface area (Å²) in [5.74, 6) is 0.331. The fourth-order valence-electron chi connectivity index (χ4n) is 1.59. The van der Waals surface area contributed by atoms with Crippen LogP contribution in [0.1, 0.15) is 27.2 Å². The summed E-state index contributed by atoms with van der Waals surface area (Å²) >= 11 is 0. The van der Waals surface area contributed by atoms with Crippen molar-refractivity contribution < 1.29 is 5.11 Å². The second-order valence-electron chi connectivity index (χ2n) is 3.85. The molecule has 0 aromatic rings. The summed E-state index contributed by atoms with van der Waals surface area (Å²) in [5.41, 5.74) is -0.609. The van der Waals surface area contributed by atoms with Crippen LogP contribution in [0.5, 0.6) is 0 Å². The average Bonchev–Trinajstić information content (AvgIpc) is 2.55. The molecule has 0 radical (unpaired) electrons. The van der Waals surface area contributed by atoms with Crippen LogP contribution >= 0.6 is 0 Å². The Bertz CT molecular complexity index is 175. The van der Waals surface area contributed by atoms with Gasteiger partial charge in [0, 0.05) is 6.54 Å². The molecule has 0 aliphatic carbocycles. The zero-order valence-corrected chi connectivity index (χ0v) is 8.17. The first kappa shape index (κ1) is 9.75. The van der Waals surface area contributed by atoms with Crippen LogP contribution in [0.2, 0.25) is 0 Å². The molecule has 2 N–H and O–H groups in total. The van der Waals surface area contributed by atoms with Crippen LogP contribution in [0.25, 0.3) is 0 Å². The third-order valence-electron chi connectivity index (χ3n) is 3.02. The lowest BCUT2D eigenvalue weighted by atomic mass is 9.83. The molecule has 0 amide bonds. The summed E-state index contributed by atoms with van der Waals surface area (Å²) in [6.45, 7) is 7.00. The quantitative estimate of drug-likeness (QED) is 0.624. The van der Waals surface area contributed by atoms with Gasteiger partial charge in [-0.25, -0.2) is 0 Å². The van der Waals surface area contributed by atoms with Gasteiger partial charge in [0.1, 0.15) is 0 Å². The standard InChI is InChI=1S/C10H19NO/c1-4-8(2)10(3,12)9-6-5-7-11-9/h5-6,8-9,11-12H,4,7H2,1-3H3. The molecule has 70 valence electrons. The van der Waals surface area contributed by atoms with Gasteiger partial charge in [-0.15, -0.1) is 0 Å². The molecule has 3 unspecified atom stereocenters. The Morgan fingerprint density at radius 3 is 2.83 bits per heavy atom. The summed E-state index contributed by atoms with van der Waals surface area (Å²) in [6.07, 6.45) is 5.15. The van der Waals surface area contributed by atoms with Crippen LogP contribution in [0, 0.1) is 5.92 Å². The molecule has 3 atom stereocenters. The molecule has 12 heavy (non-hydrogen) atoms. The smallest absolute Gasteiger partial charge is 0.0833 e. The molecular weight excluding hydrogens is 150 g/mol. The van der Waals surface area contributed by atoms with Crippen LogP contribution in [0.15, 0.2) is 12.2 Å². The van der Waals surface area contributed by atoms with Gasteiger partial charge in [-0.2, -0.15) is 0 Å². The Kier molecular flexibility index (Phi) is 2.91. The lowest BCUT2D eigenvalue weighted by molar-refractivity contribution is -0.0134. The van der Waals surface area contributed by atoms with Gasteiger partial charge >= 0.3 is 0 Å². The lowest BCUT2D eigenvalue weighted by Crippen LogP contribution is -2.49. The van der Waals surface area contributed by atoms with Gasteiger partial charge in [0.2, 0.25) is 0 Å². The predicted octanol–water partition coefficient (Wildman–Crippen LogP) is 1.31. The molecule has 1 aliphatic rings. The van der Waals surface area contributed by atoms with Crippen molar-refractivity contribution in [1.29, 1.82) is 0 Å². The van der Waals surface area contributed by atoms with Gasteiger partial charge in [0.05, 0.1) is 11.6 Å². The van der Waals surface area contributed by atoms with Crippen molar-refractivity contribution in [3.05, 3.63) is 12.2 Å². The fraction of sp³-hybridized carbons (Fsp3) is 0.800. The number of hydrogen-bond acceptors (Lipinski definition) is 2. The molecule has 0 fully saturated rings. The Morgan fingerprint density at radius 1 is 1.75 bits per heavy atom. The highest BCUT2D eigenvalue weighted by molar-refractivity contribution is 5.10. The van der Waals surface area contributed by atoms with Gasteiger partial charge < -0.3 is 10.4 Å². The fourth-order valence-corrected chi connectivity index (χ4v) is 1.59. The van der Waals surface area contributed by atoms with E-state index in [0.717, 1.165) is 13.0 Å². The first-order chi connectivity index (χ1) is 5.59. The third kappa shape index (κ3) is 1.70. The Labute approximate surface area is 74.7 Å². The Balaban J connectivity index is 2.62. The van der Waals surface area contributed by atoms with Crippen LogP contribution in [-0.4, -0.2) is 23.3 Å². The summed E-state index contributed by atoms with van der Waals surface area (Å²) in [6, 6.07) is 0.132. The summed E-state index contributed by atoms with van der Waals surface area (Å²) in [4.78, 5) is 0. The van der Waals surface area contributed by atoms with Crippen molar-refractivity contribution in [1.82, 2.24) is 5.32 Å². The van der Waals surface area contributed by atoms with E-state index in [1.165, 1.54) is 0 Å². The topological polar surface area (TPSA) is 32.3 Å². The van der Waals surface area contributed by atoms with E-state index in [9.17, 15) is 5.11 Å². The van der Waals surface area contributed by atoms with E-state index in [2.05, 4.69) is 31.3 Å². The van der Waals surface area contributed by atoms with Crippen molar-refractivity contribution in [2.75, 3.05) is 6.54 Å². The minimum atomic E-state index is -0.609. The van der Waals surface area contributed by atoms with Crippen LogP contribution in [-0.2, 0) is 0 Å². The minimum Gasteiger partial charge on any atom is -0.388 e. The SMILES string of the molecule is CCC(C)C(C)(O)C1C=CCN1. The van der Waals surface area contributed by atoms with Crippen LogP contribution < -0.4 is 5.32 Å². The molecule has 1 heterocycles. The summed E-state index contributed by atoms with van der Waals surface area (Å²) < 4.78 is 0. The minimum absolute atomic E-state index is 0.132. The van der Waals surface area contributed by atoms with Crippen LogP contribution in [0.4, 0.5) is 0 Å². The molecule has 2 nitrogen and oxygen atoms in total. The average molecular weight is 169 g/mol. The Hall–Kier alpha value is -0.340. The van der Waals surface area contributed by atoms with Gasteiger partial charge in [0.25, 0.3) is 0 Å². The zero-order chi connectivity index (χ0) is 9.19. The molecule has 0 saturated carbocycles. The maximum absolute atomic E-state index is 10.2. The molecular formula is C10H19NO. The highest BCUT2D eigenvalue weighted by Gasteiger charge is 2.35. The second-order valence-corrected chi connectivity index (χ2v) is 3.85. The monoisotopic (exact) mass is 169 g/mol. The van der Waals surface area contributed by atoms with Gasteiger partial charge in [-0.1, -0.05) is 32.4 Å². The second kappa shape index (κ2) is 3.58. The molecule has 0 aromatic heterocycles. The summed E-state index contributed by atoms with van der Waals surface area (Å²) in [5, 5.41) is 13.4. The number of nitrogens with one attached hydrogen (secondary N) is 1. The molecule has 0 saturated heterocycles. The maximum atomic E-state index is 10.2. The number of rotatable bonds is 3. The van der Waals surface area contributed by atoms with Gasteiger partial charge in [0.15, 0.2) is 0 Å². The maximum Gasteiger partial charge on any atom is 0.0833 e. The van der Waals surface area contributed by atoms with Crippen molar-refractivity contribution >= 4 is 0 Å². The first-order valence-corrected chi connectivity index (χ1v) is 4.71. The van der Waals surface area contributed by atoms with E-state index in [1.54, 1.807) is 0 Å². The molecule has 2 heteroatoms. The molecule has 0 aromatic carbocycles. The van der Waals surface area contributed by atoms with E-state index < -0.39 is 5.60 Å². The highest BCUT2D eigenvalue weighted by atomic mass is 16.3. The largest absolute Gasteiger partial charge is 0.388 e. The van der Waals surface area contributed by atoms with E-state index in [4.69, 9.17) is 0 Å². The molecule has 1 rings (SSSR count). The molecule has 1 aliphatic heterocycles. The van der Waals surface area contributed by atoms with Gasteiger partial charge in [-0.05, 0) is 12.8 Å². The van der Waals surface area contributed by atoms with Crippen LogP contribution in [0.3, 0.4) is 0 Å².